The summed E-state index contributed by atoms with van der Waals surface area (Å²) in [5.74, 6) is 1.99. The minimum absolute atomic E-state index is 0.0285. The van der Waals surface area contributed by atoms with E-state index < -0.39 is 6.09 Å². The zero-order valence-corrected chi connectivity index (χ0v) is 15.1. The molecule has 0 aliphatic carbocycles. The van der Waals surface area contributed by atoms with Crippen molar-refractivity contribution in [2.45, 2.75) is 25.3 Å². The Hall–Kier alpha value is -2.16. The minimum Gasteiger partial charge on any atom is -0.448 e. The molecule has 0 bridgehead atoms. The number of carbonyl (C=O) groups excluding carboxylic acids is 2. The summed E-state index contributed by atoms with van der Waals surface area (Å²) in [6.07, 6.45) is 1.52. The largest absolute Gasteiger partial charge is 0.448 e. The van der Waals surface area contributed by atoms with E-state index in [0.717, 1.165) is 37.6 Å². The lowest BCUT2D eigenvalue weighted by atomic mass is 9.97. The van der Waals surface area contributed by atoms with Gasteiger partial charge in [-0.25, -0.2) is 4.79 Å². The average molecular weight is 350 g/mol. The van der Waals surface area contributed by atoms with Gasteiger partial charge in [-0.3, -0.25) is 9.69 Å². The van der Waals surface area contributed by atoms with Gasteiger partial charge in [0, 0.05) is 26.1 Å². The lowest BCUT2D eigenvalue weighted by Gasteiger charge is -2.33. The molecule has 9 nitrogen and oxygen atoms in total. The van der Waals surface area contributed by atoms with Crippen molar-refractivity contribution in [2.24, 2.45) is 7.05 Å². The molecule has 0 saturated carbocycles. The van der Waals surface area contributed by atoms with Gasteiger partial charge in [0.2, 0.25) is 5.91 Å². The summed E-state index contributed by atoms with van der Waals surface area (Å²) < 4.78 is 6.92. The van der Waals surface area contributed by atoms with Crippen molar-refractivity contribution in [1.29, 1.82) is 0 Å². The van der Waals surface area contributed by atoms with Crippen molar-refractivity contribution in [3.63, 3.8) is 0 Å². The molecule has 2 amide bonds. The quantitative estimate of drug-likeness (QED) is 0.745. The summed E-state index contributed by atoms with van der Waals surface area (Å²) >= 11 is 0. The Bertz CT molecular complexity index is 644. The molecule has 2 saturated heterocycles. The first kappa shape index (κ1) is 17.7. The Kier molecular flexibility index (Phi) is 5.22. The molecule has 0 unspecified atom stereocenters. The highest BCUT2D eigenvalue weighted by Gasteiger charge is 2.31. The molecular weight excluding hydrogens is 324 g/mol. The number of aromatic nitrogens is 3. The lowest BCUT2D eigenvalue weighted by molar-refractivity contribution is -0.133. The number of cyclic esters (lactones) is 1. The van der Waals surface area contributed by atoms with Gasteiger partial charge in [-0.2, -0.15) is 0 Å². The van der Waals surface area contributed by atoms with E-state index in [4.69, 9.17) is 4.74 Å². The highest BCUT2D eigenvalue weighted by atomic mass is 16.6. The van der Waals surface area contributed by atoms with E-state index in [-0.39, 0.29) is 18.4 Å². The molecule has 2 aliphatic heterocycles. The highest BCUT2D eigenvalue weighted by Crippen LogP contribution is 2.26. The molecule has 0 N–H and O–H groups in total. The topological polar surface area (TPSA) is 83.8 Å². The Balaban J connectivity index is 1.64. The number of hydrogen-bond donors (Lipinski definition) is 0. The number of piperidine rings is 1. The second-order valence-electron chi connectivity index (χ2n) is 6.99. The smallest absolute Gasteiger partial charge is 0.410 e. The predicted octanol–water partition coefficient (Wildman–Crippen LogP) is 0.0349. The van der Waals surface area contributed by atoms with Crippen molar-refractivity contribution >= 4 is 12.0 Å². The van der Waals surface area contributed by atoms with Crippen molar-refractivity contribution in [2.75, 3.05) is 46.9 Å². The van der Waals surface area contributed by atoms with Crippen LogP contribution in [0.5, 0.6) is 0 Å². The van der Waals surface area contributed by atoms with Crippen LogP contribution in [0.2, 0.25) is 0 Å². The van der Waals surface area contributed by atoms with Crippen LogP contribution in [-0.2, 0) is 23.1 Å². The molecule has 2 aliphatic rings. The Morgan fingerprint density at radius 2 is 2.12 bits per heavy atom. The molecule has 138 valence electrons. The van der Waals surface area contributed by atoms with Crippen LogP contribution in [0.1, 0.15) is 30.4 Å². The molecule has 2 fully saturated rings. The third-order valence-electron chi connectivity index (χ3n) is 4.77. The third-order valence-corrected chi connectivity index (χ3v) is 4.77. The van der Waals surface area contributed by atoms with Crippen LogP contribution in [-0.4, -0.2) is 88.3 Å². The van der Waals surface area contributed by atoms with Gasteiger partial charge >= 0.3 is 6.09 Å². The van der Waals surface area contributed by atoms with Crippen molar-refractivity contribution in [1.82, 2.24) is 29.5 Å². The lowest BCUT2D eigenvalue weighted by Crippen LogP contribution is -2.45. The first-order valence-electron chi connectivity index (χ1n) is 8.68. The van der Waals surface area contributed by atoms with Gasteiger partial charge in [0.25, 0.3) is 0 Å². The summed E-state index contributed by atoms with van der Waals surface area (Å²) in [6.45, 7) is 3.02. The molecule has 0 spiro atoms. The van der Waals surface area contributed by atoms with Gasteiger partial charge in [-0.05, 0) is 26.9 Å². The second kappa shape index (κ2) is 7.38. The minimum atomic E-state index is -0.400. The van der Waals surface area contributed by atoms with Crippen LogP contribution in [0.3, 0.4) is 0 Å². The number of amides is 2. The van der Waals surface area contributed by atoms with E-state index in [1.165, 1.54) is 4.90 Å². The van der Waals surface area contributed by atoms with Crippen molar-refractivity contribution in [3.8, 4) is 0 Å². The normalized spacial score (nSPS) is 21.1. The number of rotatable bonds is 5. The predicted molar refractivity (Wildman–Crippen MR) is 89.9 cm³/mol. The van der Waals surface area contributed by atoms with E-state index in [9.17, 15) is 9.59 Å². The SMILES string of the molecule is CN(C)Cc1nnc([C@H]2CCCN(C(=O)CN3CCOC3=O)C2)n1C. The van der Waals surface area contributed by atoms with E-state index in [2.05, 4.69) is 15.1 Å². The van der Waals surface area contributed by atoms with Crippen LogP contribution < -0.4 is 0 Å². The summed E-state index contributed by atoms with van der Waals surface area (Å²) in [5, 5.41) is 8.66. The van der Waals surface area contributed by atoms with Gasteiger partial charge in [0.15, 0.2) is 0 Å². The van der Waals surface area contributed by atoms with Gasteiger partial charge in [0.05, 0.1) is 13.1 Å². The molecule has 0 radical (unpaired) electrons. The van der Waals surface area contributed by atoms with Gasteiger partial charge < -0.3 is 19.1 Å². The maximum atomic E-state index is 12.5. The summed E-state index contributed by atoms with van der Waals surface area (Å²) in [5.41, 5.74) is 0. The molecule has 1 aromatic rings. The molecule has 1 aromatic heterocycles. The molecular formula is C16H26N6O3. The molecule has 0 aromatic carbocycles. The summed E-state index contributed by atoms with van der Waals surface area (Å²) in [4.78, 5) is 29.4. The summed E-state index contributed by atoms with van der Waals surface area (Å²) in [7, 11) is 5.98. The molecule has 3 rings (SSSR count). The van der Waals surface area contributed by atoms with Gasteiger partial charge in [-0.1, -0.05) is 0 Å². The number of likely N-dealkylation sites (tertiary alicyclic amines) is 1. The van der Waals surface area contributed by atoms with Crippen LogP contribution in [0.25, 0.3) is 0 Å². The van der Waals surface area contributed by atoms with Crippen molar-refractivity contribution < 1.29 is 14.3 Å². The zero-order chi connectivity index (χ0) is 18.0. The number of carbonyl (C=O) groups is 2. The molecule has 1 atom stereocenters. The highest BCUT2D eigenvalue weighted by molar-refractivity contribution is 5.83. The number of hydrogen-bond acceptors (Lipinski definition) is 6. The number of ether oxygens (including phenoxy) is 1. The molecule has 9 heteroatoms. The van der Waals surface area contributed by atoms with Crippen LogP contribution in [0, 0.1) is 0 Å². The third kappa shape index (κ3) is 3.92. The first-order chi connectivity index (χ1) is 12.0. The second-order valence-corrected chi connectivity index (χ2v) is 6.99. The van der Waals surface area contributed by atoms with E-state index in [1.54, 1.807) is 0 Å². The van der Waals surface area contributed by atoms with Crippen LogP contribution in [0.4, 0.5) is 4.79 Å². The Morgan fingerprint density at radius 1 is 1.32 bits per heavy atom. The van der Waals surface area contributed by atoms with Crippen LogP contribution >= 0.6 is 0 Å². The summed E-state index contributed by atoms with van der Waals surface area (Å²) in [6, 6.07) is 0. The average Bonchev–Trinajstić information content (AvgIpc) is 3.14. The van der Waals surface area contributed by atoms with E-state index in [0.29, 0.717) is 19.7 Å². The fraction of sp³-hybridized carbons (Fsp3) is 0.750. The van der Waals surface area contributed by atoms with Gasteiger partial charge in [-0.15, -0.1) is 10.2 Å². The maximum Gasteiger partial charge on any atom is 0.410 e. The van der Waals surface area contributed by atoms with Crippen molar-refractivity contribution in [3.05, 3.63) is 11.6 Å². The fourth-order valence-corrected chi connectivity index (χ4v) is 3.40. The van der Waals surface area contributed by atoms with E-state index in [1.807, 2.05) is 30.6 Å². The monoisotopic (exact) mass is 350 g/mol. The molecule has 25 heavy (non-hydrogen) atoms. The Labute approximate surface area is 147 Å². The van der Waals surface area contributed by atoms with E-state index >= 15 is 0 Å². The fourth-order valence-electron chi connectivity index (χ4n) is 3.40. The van der Waals surface area contributed by atoms with Gasteiger partial charge in [0.1, 0.15) is 24.8 Å². The maximum absolute atomic E-state index is 12.5. The van der Waals surface area contributed by atoms with Crippen LogP contribution in [0.15, 0.2) is 0 Å². The first-order valence-corrected chi connectivity index (χ1v) is 8.68. The molecule has 3 heterocycles. The Morgan fingerprint density at radius 3 is 2.80 bits per heavy atom. The standard InChI is InChI=1S/C16H26N6O3/c1-19(2)10-13-17-18-15(20(13)3)12-5-4-6-21(9-12)14(23)11-22-7-8-25-16(22)24/h12H,4-11H2,1-3H3/t12-/m0/s1. The zero-order valence-electron chi connectivity index (χ0n) is 15.1. The number of nitrogens with zero attached hydrogens (tertiary/aromatic N) is 6.